The van der Waals surface area contributed by atoms with E-state index in [1.54, 1.807) is 23.5 Å². The van der Waals surface area contributed by atoms with Crippen molar-refractivity contribution in [1.82, 2.24) is 9.97 Å². The molecule has 2 aliphatic rings. The second-order valence-electron chi connectivity index (χ2n) is 8.23. The number of nitrogens with one attached hydrogen (secondary N) is 1. The molecule has 6 rings (SSSR count). The zero-order chi connectivity index (χ0) is 22.4. The van der Waals surface area contributed by atoms with E-state index in [0.717, 1.165) is 45.8 Å². The standard InChI is InChI=1S/C25H21N3O4S/c29-25(30)17-7-6-15(26-11-14-5-8-20-21(9-14)32-13-31-20)10-18(17)23-27-12-19-16-3-1-2-4-22(16)33-24(19)28-23/h5-10,12,26H,1-4,11,13H2,(H,29,30). The molecule has 2 aromatic heterocycles. The largest absolute Gasteiger partial charge is 0.478 e. The van der Waals surface area contributed by atoms with Crippen LogP contribution in [0.5, 0.6) is 11.5 Å². The number of carbonyl (C=O) groups is 1. The van der Waals surface area contributed by atoms with Crippen molar-refractivity contribution in [1.29, 1.82) is 0 Å². The second-order valence-corrected chi connectivity index (χ2v) is 9.31. The molecule has 33 heavy (non-hydrogen) atoms. The zero-order valence-electron chi connectivity index (χ0n) is 17.8. The van der Waals surface area contributed by atoms with Crippen LogP contribution in [0.3, 0.4) is 0 Å². The van der Waals surface area contributed by atoms with Crippen molar-refractivity contribution >= 4 is 33.2 Å². The third-order valence-corrected chi connectivity index (χ3v) is 7.34. The molecule has 7 nitrogen and oxygen atoms in total. The predicted molar refractivity (Wildman–Crippen MR) is 126 cm³/mol. The van der Waals surface area contributed by atoms with Crippen molar-refractivity contribution in [2.45, 2.75) is 32.2 Å². The van der Waals surface area contributed by atoms with Gasteiger partial charge < -0.3 is 19.9 Å². The summed E-state index contributed by atoms with van der Waals surface area (Å²) in [6, 6.07) is 11.0. The minimum atomic E-state index is -0.999. The summed E-state index contributed by atoms with van der Waals surface area (Å²) in [7, 11) is 0. The van der Waals surface area contributed by atoms with Crippen molar-refractivity contribution in [3.63, 3.8) is 0 Å². The first-order valence-corrected chi connectivity index (χ1v) is 11.7. The van der Waals surface area contributed by atoms with Gasteiger partial charge in [-0.3, -0.25) is 0 Å². The number of carboxylic acid groups (broad SMARTS) is 1. The Hall–Kier alpha value is -3.65. The third-order valence-electron chi connectivity index (χ3n) is 6.14. The first kappa shape index (κ1) is 20.0. The molecule has 2 aromatic carbocycles. The molecule has 0 radical (unpaired) electrons. The number of benzene rings is 2. The number of rotatable bonds is 5. The van der Waals surface area contributed by atoms with E-state index in [1.807, 2.05) is 30.5 Å². The van der Waals surface area contributed by atoms with Crippen molar-refractivity contribution in [3.05, 3.63) is 64.2 Å². The molecule has 0 saturated carbocycles. The number of hydrogen-bond acceptors (Lipinski definition) is 7. The summed E-state index contributed by atoms with van der Waals surface area (Å²) >= 11 is 1.71. The molecule has 2 N–H and O–H groups in total. The molecule has 0 amide bonds. The predicted octanol–water partition coefficient (Wildman–Crippen LogP) is 5.28. The van der Waals surface area contributed by atoms with E-state index in [4.69, 9.17) is 14.5 Å². The average Bonchev–Trinajstić information content (AvgIpc) is 3.46. The Balaban J connectivity index is 1.32. The van der Waals surface area contributed by atoms with Crippen molar-refractivity contribution in [3.8, 4) is 22.9 Å². The Morgan fingerprint density at radius 2 is 1.97 bits per heavy atom. The van der Waals surface area contributed by atoms with E-state index in [-0.39, 0.29) is 12.4 Å². The Kier molecular flexibility index (Phi) is 4.87. The summed E-state index contributed by atoms with van der Waals surface area (Å²) in [5.41, 5.74) is 3.88. The lowest BCUT2D eigenvalue weighted by Gasteiger charge is -2.11. The first-order valence-electron chi connectivity index (χ1n) is 10.9. The number of ether oxygens (including phenoxy) is 2. The van der Waals surface area contributed by atoms with E-state index in [9.17, 15) is 9.90 Å². The van der Waals surface area contributed by atoms with Crippen molar-refractivity contribution < 1.29 is 19.4 Å². The monoisotopic (exact) mass is 459 g/mol. The summed E-state index contributed by atoms with van der Waals surface area (Å²) in [5.74, 6) is 0.915. The molecule has 8 heteroatoms. The number of aromatic carboxylic acids is 1. The Labute approximate surface area is 194 Å². The van der Waals surface area contributed by atoms with Crippen LogP contribution in [0.4, 0.5) is 5.69 Å². The van der Waals surface area contributed by atoms with E-state index in [1.165, 1.54) is 23.3 Å². The Bertz CT molecular complexity index is 1400. The number of aromatic nitrogens is 2. The van der Waals surface area contributed by atoms with Crippen LogP contribution < -0.4 is 14.8 Å². The lowest BCUT2D eigenvalue weighted by molar-refractivity contribution is 0.0697. The van der Waals surface area contributed by atoms with Crippen LogP contribution in [-0.4, -0.2) is 27.8 Å². The van der Waals surface area contributed by atoms with Gasteiger partial charge in [-0.2, -0.15) is 0 Å². The quantitative estimate of drug-likeness (QED) is 0.420. The maximum absolute atomic E-state index is 11.9. The molecule has 4 aromatic rings. The minimum absolute atomic E-state index is 0.185. The fraction of sp³-hybridized carbons (Fsp3) is 0.240. The maximum Gasteiger partial charge on any atom is 0.336 e. The van der Waals surface area contributed by atoms with Gasteiger partial charge in [0.15, 0.2) is 17.3 Å². The number of aryl methyl sites for hydroxylation is 2. The summed E-state index contributed by atoms with van der Waals surface area (Å²) < 4.78 is 10.8. The van der Waals surface area contributed by atoms with Gasteiger partial charge in [0.1, 0.15) is 4.83 Å². The molecule has 0 unspecified atom stereocenters. The summed E-state index contributed by atoms with van der Waals surface area (Å²) in [6.07, 6.45) is 6.42. The van der Waals surface area contributed by atoms with Crippen LogP contribution in [0.1, 0.15) is 39.2 Å². The number of hydrogen-bond donors (Lipinski definition) is 2. The molecule has 3 heterocycles. The van der Waals surface area contributed by atoms with Gasteiger partial charge in [-0.1, -0.05) is 6.07 Å². The maximum atomic E-state index is 11.9. The van der Waals surface area contributed by atoms with Gasteiger partial charge in [0.2, 0.25) is 6.79 Å². The average molecular weight is 460 g/mol. The van der Waals surface area contributed by atoms with E-state index < -0.39 is 5.97 Å². The van der Waals surface area contributed by atoms with Crippen molar-refractivity contribution in [2.75, 3.05) is 12.1 Å². The molecule has 1 aliphatic carbocycles. The van der Waals surface area contributed by atoms with Gasteiger partial charge in [0, 0.05) is 34.3 Å². The highest BCUT2D eigenvalue weighted by Crippen LogP contribution is 2.37. The number of anilines is 1. The van der Waals surface area contributed by atoms with E-state index in [2.05, 4.69) is 10.3 Å². The van der Waals surface area contributed by atoms with Gasteiger partial charge in [-0.15, -0.1) is 11.3 Å². The van der Waals surface area contributed by atoms with Crippen LogP contribution in [0.15, 0.2) is 42.6 Å². The number of fused-ring (bicyclic) bond motifs is 4. The van der Waals surface area contributed by atoms with Gasteiger partial charge >= 0.3 is 5.97 Å². The fourth-order valence-corrected chi connectivity index (χ4v) is 5.69. The van der Waals surface area contributed by atoms with Crippen LogP contribution >= 0.6 is 11.3 Å². The Morgan fingerprint density at radius 1 is 1.09 bits per heavy atom. The number of carboxylic acids is 1. The van der Waals surface area contributed by atoms with Gasteiger partial charge in [0.05, 0.1) is 5.56 Å². The molecule has 0 atom stereocenters. The first-order chi connectivity index (χ1) is 16.2. The topological polar surface area (TPSA) is 93.6 Å². The highest BCUT2D eigenvalue weighted by molar-refractivity contribution is 7.18. The molecule has 0 saturated heterocycles. The molecular formula is C25H21N3O4S. The van der Waals surface area contributed by atoms with E-state index in [0.29, 0.717) is 17.9 Å². The molecule has 0 bridgehead atoms. The second kappa shape index (κ2) is 8.04. The molecule has 1 aliphatic heterocycles. The van der Waals surface area contributed by atoms with Crippen LogP contribution in [-0.2, 0) is 19.4 Å². The number of thiophene rings is 1. The van der Waals surface area contributed by atoms with Crippen LogP contribution in [0.2, 0.25) is 0 Å². The summed E-state index contributed by atoms with van der Waals surface area (Å²) in [5, 5.41) is 14.2. The normalized spacial score (nSPS) is 14.3. The zero-order valence-corrected chi connectivity index (χ0v) is 18.6. The summed E-state index contributed by atoms with van der Waals surface area (Å²) in [6.45, 7) is 0.795. The van der Waals surface area contributed by atoms with Gasteiger partial charge in [-0.05, 0) is 67.1 Å². The van der Waals surface area contributed by atoms with Crippen molar-refractivity contribution in [2.24, 2.45) is 0 Å². The third kappa shape index (κ3) is 3.66. The molecule has 0 spiro atoms. The highest BCUT2D eigenvalue weighted by Gasteiger charge is 2.20. The Morgan fingerprint density at radius 3 is 2.88 bits per heavy atom. The molecule has 166 valence electrons. The fourth-order valence-electron chi connectivity index (χ4n) is 4.45. The SMILES string of the molecule is O=C(O)c1ccc(NCc2ccc3c(c2)OCO3)cc1-c1ncc2c3c(sc2n1)CCCC3. The number of nitrogens with zero attached hydrogens (tertiary/aromatic N) is 2. The van der Waals surface area contributed by atoms with Gasteiger partial charge in [0.25, 0.3) is 0 Å². The summed E-state index contributed by atoms with van der Waals surface area (Å²) in [4.78, 5) is 23.6. The van der Waals surface area contributed by atoms with Crippen LogP contribution in [0, 0.1) is 0 Å². The van der Waals surface area contributed by atoms with E-state index >= 15 is 0 Å². The van der Waals surface area contributed by atoms with Gasteiger partial charge in [-0.25, -0.2) is 14.8 Å². The minimum Gasteiger partial charge on any atom is -0.478 e. The lowest BCUT2D eigenvalue weighted by atomic mass is 9.97. The smallest absolute Gasteiger partial charge is 0.336 e. The molecule has 0 fully saturated rings. The highest BCUT2D eigenvalue weighted by atomic mass is 32.1. The van der Waals surface area contributed by atoms with Crippen LogP contribution in [0.25, 0.3) is 21.6 Å². The lowest BCUT2D eigenvalue weighted by Crippen LogP contribution is -2.05. The molecular weight excluding hydrogens is 438 g/mol.